The molecule has 1 amide bonds. The molecule has 1 aromatic carbocycles. The van der Waals surface area contributed by atoms with Gasteiger partial charge in [-0.05, 0) is 18.6 Å². The molecule has 2 aromatic heterocycles. The van der Waals surface area contributed by atoms with Gasteiger partial charge in [0.05, 0.1) is 24.3 Å². The quantitative estimate of drug-likeness (QED) is 0.758. The maximum atomic E-state index is 12.2. The van der Waals surface area contributed by atoms with Gasteiger partial charge in [-0.25, -0.2) is 0 Å². The molecule has 0 radical (unpaired) electrons. The lowest BCUT2D eigenvalue weighted by Crippen LogP contribution is -2.26. The molecule has 120 valence electrons. The Kier molecular flexibility index (Phi) is 4.43. The van der Waals surface area contributed by atoms with Crippen LogP contribution >= 0.6 is 0 Å². The van der Waals surface area contributed by atoms with Gasteiger partial charge in [0, 0.05) is 18.0 Å². The number of hydrogen-bond donors (Lipinski definition) is 2. The van der Waals surface area contributed by atoms with Gasteiger partial charge in [-0.2, -0.15) is 10.4 Å². The normalized spacial score (nSPS) is 11.7. The van der Waals surface area contributed by atoms with Crippen molar-refractivity contribution in [2.45, 2.75) is 19.5 Å². The minimum Gasteiger partial charge on any atom is -0.356 e. The SMILES string of the molecule is CC(NC(=O)c1cc(C#N)c[nH]1)c1cnn(Cc2ccccc2)c1. The molecule has 0 fully saturated rings. The molecule has 24 heavy (non-hydrogen) atoms. The van der Waals surface area contributed by atoms with E-state index in [2.05, 4.69) is 15.4 Å². The smallest absolute Gasteiger partial charge is 0.268 e. The molecule has 3 rings (SSSR count). The lowest BCUT2D eigenvalue weighted by atomic mass is 10.2. The number of carbonyl (C=O) groups is 1. The molecule has 0 aliphatic carbocycles. The van der Waals surface area contributed by atoms with Gasteiger partial charge in [-0.3, -0.25) is 9.48 Å². The number of nitrogens with one attached hydrogen (secondary N) is 2. The Morgan fingerprint density at radius 1 is 1.42 bits per heavy atom. The van der Waals surface area contributed by atoms with Crippen molar-refractivity contribution in [3.8, 4) is 6.07 Å². The second kappa shape index (κ2) is 6.84. The van der Waals surface area contributed by atoms with Crippen LogP contribution in [0.25, 0.3) is 0 Å². The monoisotopic (exact) mass is 319 g/mol. The number of nitrogens with zero attached hydrogens (tertiary/aromatic N) is 3. The van der Waals surface area contributed by atoms with E-state index in [-0.39, 0.29) is 11.9 Å². The number of amides is 1. The molecule has 0 aliphatic heterocycles. The molecule has 0 saturated carbocycles. The van der Waals surface area contributed by atoms with Crippen LogP contribution < -0.4 is 5.32 Å². The third-order valence-electron chi connectivity index (χ3n) is 3.74. The average molecular weight is 319 g/mol. The standard InChI is InChI=1S/C18H17N5O/c1-13(22-18(24)17-7-15(8-19)9-20-17)16-10-21-23(12-16)11-14-5-3-2-4-6-14/h2-7,9-10,12-13,20H,11H2,1H3,(H,22,24). The molecule has 2 N–H and O–H groups in total. The summed E-state index contributed by atoms with van der Waals surface area (Å²) < 4.78 is 1.84. The van der Waals surface area contributed by atoms with Crippen molar-refractivity contribution in [2.24, 2.45) is 0 Å². The van der Waals surface area contributed by atoms with Gasteiger partial charge < -0.3 is 10.3 Å². The minimum atomic E-state index is -0.250. The highest BCUT2D eigenvalue weighted by Gasteiger charge is 2.14. The summed E-state index contributed by atoms with van der Waals surface area (Å²) in [5.41, 5.74) is 2.89. The largest absolute Gasteiger partial charge is 0.356 e. The Labute approximate surface area is 139 Å². The van der Waals surface area contributed by atoms with E-state index in [0.29, 0.717) is 17.8 Å². The third-order valence-corrected chi connectivity index (χ3v) is 3.74. The molecule has 0 spiro atoms. The van der Waals surface area contributed by atoms with Crippen molar-refractivity contribution in [1.29, 1.82) is 5.26 Å². The van der Waals surface area contributed by atoms with Crippen LogP contribution in [0.5, 0.6) is 0 Å². The van der Waals surface area contributed by atoms with E-state index in [1.54, 1.807) is 6.20 Å². The van der Waals surface area contributed by atoms with Crippen molar-refractivity contribution in [3.05, 3.63) is 77.4 Å². The van der Waals surface area contributed by atoms with Gasteiger partial charge in [0.2, 0.25) is 0 Å². The number of carbonyl (C=O) groups excluding carboxylic acids is 1. The number of hydrogen-bond acceptors (Lipinski definition) is 3. The summed E-state index contributed by atoms with van der Waals surface area (Å²) in [5, 5.41) is 16.0. The molecule has 1 unspecified atom stereocenters. The molecule has 2 heterocycles. The molecule has 1 atom stereocenters. The molecule has 6 nitrogen and oxygen atoms in total. The maximum absolute atomic E-state index is 12.2. The van der Waals surface area contributed by atoms with Crippen LogP contribution in [0.4, 0.5) is 0 Å². The summed E-state index contributed by atoms with van der Waals surface area (Å²) in [6.07, 6.45) is 5.19. The van der Waals surface area contributed by atoms with E-state index < -0.39 is 0 Å². The summed E-state index contributed by atoms with van der Waals surface area (Å²) in [6, 6.07) is 13.4. The van der Waals surface area contributed by atoms with Gasteiger partial charge in [-0.15, -0.1) is 0 Å². The number of H-pyrrole nitrogens is 1. The van der Waals surface area contributed by atoms with E-state index in [9.17, 15) is 4.79 Å². The molecular formula is C18H17N5O. The number of benzene rings is 1. The van der Waals surface area contributed by atoms with Crippen molar-refractivity contribution in [3.63, 3.8) is 0 Å². The van der Waals surface area contributed by atoms with Gasteiger partial charge in [0.1, 0.15) is 11.8 Å². The Morgan fingerprint density at radius 2 is 2.21 bits per heavy atom. The van der Waals surface area contributed by atoms with E-state index in [1.165, 1.54) is 17.8 Å². The molecule has 3 aromatic rings. The van der Waals surface area contributed by atoms with E-state index >= 15 is 0 Å². The van der Waals surface area contributed by atoms with Crippen molar-refractivity contribution in [2.75, 3.05) is 0 Å². The van der Waals surface area contributed by atoms with Crippen molar-refractivity contribution in [1.82, 2.24) is 20.1 Å². The first-order valence-electron chi connectivity index (χ1n) is 7.61. The Balaban J connectivity index is 1.64. The van der Waals surface area contributed by atoms with Crippen LogP contribution in [-0.4, -0.2) is 20.7 Å². The average Bonchev–Trinajstić information content (AvgIpc) is 3.25. The summed E-state index contributed by atoms with van der Waals surface area (Å²) in [6.45, 7) is 2.58. The van der Waals surface area contributed by atoms with Gasteiger partial charge >= 0.3 is 0 Å². The highest BCUT2D eigenvalue weighted by molar-refractivity contribution is 5.93. The maximum Gasteiger partial charge on any atom is 0.268 e. The molecule has 0 aliphatic rings. The van der Waals surface area contributed by atoms with Gasteiger partial charge in [0.25, 0.3) is 5.91 Å². The lowest BCUT2D eigenvalue weighted by Gasteiger charge is -2.11. The van der Waals surface area contributed by atoms with Crippen LogP contribution in [0, 0.1) is 11.3 Å². The molecule has 6 heteroatoms. The first kappa shape index (κ1) is 15.6. The summed E-state index contributed by atoms with van der Waals surface area (Å²) in [4.78, 5) is 15.0. The van der Waals surface area contributed by atoms with Gasteiger partial charge in [0.15, 0.2) is 0 Å². The fraction of sp³-hybridized carbons (Fsp3) is 0.167. The fourth-order valence-electron chi connectivity index (χ4n) is 2.41. The molecule has 0 saturated heterocycles. The first-order chi connectivity index (χ1) is 11.7. The van der Waals surface area contributed by atoms with Crippen LogP contribution in [0.2, 0.25) is 0 Å². The Morgan fingerprint density at radius 3 is 2.92 bits per heavy atom. The van der Waals surface area contributed by atoms with Crippen LogP contribution in [0.15, 0.2) is 55.0 Å². The lowest BCUT2D eigenvalue weighted by molar-refractivity contribution is 0.0935. The molecule has 0 bridgehead atoms. The van der Waals surface area contributed by atoms with Crippen LogP contribution in [0.1, 0.15) is 40.1 Å². The summed E-state index contributed by atoms with van der Waals surface area (Å²) in [7, 11) is 0. The summed E-state index contributed by atoms with van der Waals surface area (Å²) in [5.74, 6) is -0.250. The number of nitriles is 1. The van der Waals surface area contributed by atoms with E-state index in [0.717, 1.165) is 5.56 Å². The van der Waals surface area contributed by atoms with Crippen LogP contribution in [-0.2, 0) is 6.54 Å². The zero-order valence-corrected chi connectivity index (χ0v) is 13.2. The summed E-state index contributed by atoms with van der Waals surface area (Å²) >= 11 is 0. The predicted octanol–water partition coefficient (Wildman–Crippen LogP) is 2.62. The number of aromatic nitrogens is 3. The number of rotatable bonds is 5. The fourth-order valence-corrected chi connectivity index (χ4v) is 2.41. The highest BCUT2D eigenvalue weighted by Crippen LogP contribution is 2.13. The zero-order valence-electron chi connectivity index (χ0n) is 13.2. The van der Waals surface area contributed by atoms with Crippen molar-refractivity contribution >= 4 is 5.91 Å². The van der Waals surface area contributed by atoms with Crippen molar-refractivity contribution < 1.29 is 4.79 Å². The van der Waals surface area contributed by atoms with E-state index in [4.69, 9.17) is 5.26 Å². The zero-order chi connectivity index (χ0) is 16.9. The highest BCUT2D eigenvalue weighted by atomic mass is 16.1. The minimum absolute atomic E-state index is 0.184. The van der Waals surface area contributed by atoms with E-state index in [1.807, 2.05) is 54.2 Å². The first-order valence-corrected chi connectivity index (χ1v) is 7.61. The Hall–Kier alpha value is -3.33. The second-order valence-corrected chi connectivity index (χ2v) is 5.57. The second-order valence-electron chi connectivity index (χ2n) is 5.57. The topological polar surface area (TPSA) is 86.5 Å². The van der Waals surface area contributed by atoms with Gasteiger partial charge in [-0.1, -0.05) is 30.3 Å². The van der Waals surface area contributed by atoms with Crippen LogP contribution in [0.3, 0.4) is 0 Å². The Bertz CT molecular complexity index is 872. The predicted molar refractivity (Wildman–Crippen MR) is 89.2 cm³/mol. The molecular weight excluding hydrogens is 302 g/mol. The third kappa shape index (κ3) is 3.52. The number of aromatic amines is 1.